The van der Waals surface area contributed by atoms with Crippen molar-refractivity contribution in [2.75, 3.05) is 0 Å². The summed E-state index contributed by atoms with van der Waals surface area (Å²) in [5.41, 5.74) is -5.83. The predicted molar refractivity (Wildman–Crippen MR) is 210 cm³/mol. The van der Waals surface area contributed by atoms with E-state index in [9.17, 15) is 39.0 Å². The summed E-state index contributed by atoms with van der Waals surface area (Å²) in [6.07, 6.45) is -4.74. The van der Waals surface area contributed by atoms with Gasteiger partial charge in [0.15, 0.2) is 12.2 Å². The number of pyridine rings is 1. The van der Waals surface area contributed by atoms with Gasteiger partial charge in [0, 0.05) is 56.5 Å². The maximum Gasteiger partial charge on any atom is 0.340 e. The van der Waals surface area contributed by atoms with Crippen LogP contribution in [-0.2, 0) is 47.6 Å². The molecular formula is C44H55NO14. The average Bonchev–Trinajstić information content (AvgIpc) is 3.39. The molecule has 0 aliphatic heterocycles. The van der Waals surface area contributed by atoms with E-state index in [-0.39, 0.29) is 16.7 Å². The molecule has 2 aliphatic rings. The van der Waals surface area contributed by atoms with Gasteiger partial charge in [-0.1, -0.05) is 71.5 Å². The molecule has 1 aromatic heterocycles. The molecule has 15 heteroatoms. The number of carbonyl (C=O) groups is 6. The maximum absolute atomic E-state index is 13.9. The second-order valence-electron chi connectivity index (χ2n) is 16.2. The average molecular weight is 822 g/mol. The lowest BCUT2D eigenvalue weighted by Gasteiger charge is -2.45. The van der Waals surface area contributed by atoms with Crippen molar-refractivity contribution in [2.24, 2.45) is 23.2 Å². The van der Waals surface area contributed by atoms with Gasteiger partial charge in [0.1, 0.15) is 35.6 Å². The third kappa shape index (κ3) is 10.4. The van der Waals surface area contributed by atoms with Crippen molar-refractivity contribution in [3.05, 3.63) is 90.3 Å². The van der Waals surface area contributed by atoms with Gasteiger partial charge in [0.2, 0.25) is 0 Å². The third-order valence-corrected chi connectivity index (χ3v) is 10.9. The lowest BCUT2D eigenvalue weighted by atomic mass is 9.71. The van der Waals surface area contributed by atoms with Gasteiger partial charge in [-0.2, -0.15) is 0 Å². The molecule has 2 aliphatic carbocycles. The zero-order valence-electron chi connectivity index (χ0n) is 34.9. The largest absolute Gasteiger partial charge is 0.459 e. The minimum atomic E-state index is -2.39. The van der Waals surface area contributed by atoms with Gasteiger partial charge >= 0.3 is 35.8 Å². The quantitative estimate of drug-likeness (QED) is 0.186. The van der Waals surface area contributed by atoms with Crippen LogP contribution >= 0.6 is 0 Å². The number of ether oxygens (including phenoxy) is 6. The lowest BCUT2D eigenvalue weighted by molar-refractivity contribution is -0.193. The fourth-order valence-electron chi connectivity index (χ4n) is 7.93. The molecule has 2 N–H and O–H groups in total. The van der Waals surface area contributed by atoms with E-state index in [1.807, 2.05) is 0 Å². The molecule has 0 amide bonds. The number of aliphatic hydroxyl groups excluding tert-OH is 1. The number of nitrogens with zero attached hydrogens (tertiary/aromatic N) is 1. The Bertz CT molecular complexity index is 1910. The Kier molecular flexibility index (Phi) is 14.6. The predicted octanol–water partition coefficient (Wildman–Crippen LogP) is 4.88. The lowest BCUT2D eigenvalue weighted by Crippen LogP contribution is -2.59. The van der Waals surface area contributed by atoms with Crippen molar-refractivity contribution in [1.82, 2.24) is 4.98 Å². The van der Waals surface area contributed by atoms with E-state index < -0.39 is 113 Å². The number of hydrogen-bond acceptors (Lipinski definition) is 15. The zero-order chi connectivity index (χ0) is 44.0. The highest BCUT2D eigenvalue weighted by atomic mass is 16.6. The van der Waals surface area contributed by atoms with Crippen molar-refractivity contribution in [3.63, 3.8) is 0 Å². The maximum atomic E-state index is 13.9. The van der Waals surface area contributed by atoms with Crippen LogP contribution in [0, 0.1) is 23.2 Å². The highest BCUT2D eigenvalue weighted by Gasteiger charge is 2.70. The number of rotatable bonds is 10. The Balaban J connectivity index is 2.09. The molecule has 1 aromatic carbocycles. The molecule has 320 valence electrons. The van der Waals surface area contributed by atoms with Crippen LogP contribution < -0.4 is 0 Å². The second-order valence-corrected chi connectivity index (χ2v) is 16.2. The van der Waals surface area contributed by atoms with Crippen molar-refractivity contribution in [1.29, 1.82) is 0 Å². The molecule has 4 rings (SSSR count). The molecule has 1 fully saturated rings. The first-order chi connectivity index (χ1) is 27.6. The van der Waals surface area contributed by atoms with Gasteiger partial charge in [-0.05, 0) is 37.6 Å². The summed E-state index contributed by atoms with van der Waals surface area (Å²) in [6.45, 7) is 17.1. The SMILES string of the molecule is C=C1[C@H](OC(=O)C(C)CC)[C@H](O)[C@@H](OC(=O)c2cccnc2)C(C)(C)/C=C/[C@H](C)[C@@H](OC(C)=O)[C@@]2(O)C[C@@](C)(OC(C)=O)[C@H](OC(=O)c3ccccc3)[C@@H]2[C@H]1OC(C)=O. The van der Waals surface area contributed by atoms with E-state index >= 15 is 0 Å². The summed E-state index contributed by atoms with van der Waals surface area (Å²) in [4.78, 5) is 84.2. The highest BCUT2D eigenvalue weighted by Crippen LogP contribution is 2.54. The third-order valence-electron chi connectivity index (χ3n) is 10.9. The Labute approximate surface area is 344 Å². The fraction of sp³-hybridized carbons (Fsp3) is 0.523. The van der Waals surface area contributed by atoms with Gasteiger partial charge < -0.3 is 38.6 Å². The number of benzene rings is 1. The molecule has 0 spiro atoms. The molecule has 1 saturated carbocycles. The molecular weight excluding hydrogens is 766 g/mol. The van der Waals surface area contributed by atoms with Crippen LogP contribution in [0.4, 0.5) is 0 Å². The van der Waals surface area contributed by atoms with Gasteiger partial charge in [-0.3, -0.25) is 24.2 Å². The zero-order valence-corrected chi connectivity index (χ0v) is 34.9. The summed E-state index contributed by atoms with van der Waals surface area (Å²) in [5.74, 6) is -8.57. The van der Waals surface area contributed by atoms with Crippen LogP contribution in [0.5, 0.6) is 0 Å². The summed E-state index contributed by atoms with van der Waals surface area (Å²) in [6, 6.07) is 10.8. The molecule has 0 radical (unpaired) electrons. The van der Waals surface area contributed by atoms with Crippen molar-refractivity contribution in [3.8, 4) is 0 Å². The second kappa shape index (κ2) is 18.7. The fourth-order valence-corrected chi connectivity index (χ4v) is 7.93. The van der Waals surface area contributed by atoms with Crippen molar-refractivity contribution >= 4 is 35.8 Å². The van der Waals surface area contributed by atoms with E-state index in [1.165, 1.54) is 43.6 Å². The van der Waals surface area contributed by atoms with Crippen LogP contribution in [0.15, 0.2) is 79.2 Å². The van der Waals surface area contributed by atoms with Crippen LogP contribution in [0.1, 0.15) is 95.9 Å². The number of fused-ring (bicyclic) bond motifs is 1. The van der Waals surface area contributed by atoms with Crippen molar-refractivity contribution in [2.45, 2.75) is 123 Å². The van der Waals surface area contributed by atoms with Crippen LogP contribution in [-0.4, -0.2) is 98.8 Å². The summed E-state index contributed by atoms with van der Waals surface area (Å²) < 4.78 is 36.0. The Morgan fingerprint density at radius 3 is 1.97 bits per heavy atom. The topological polar surface area (TPSA) is 211 Å². The van der Waals surface area contributed by atoms with Gasteiger partial charge in [0.05, 0.1) is 23.0 Å². The summed E-state index contributed by atoms with van der Waals surface area (Å²) >= 11 is 0. The first-order valence-corrected chi connectivity index (χ1v) is 19.5. The Morgan fingerprint density at radius 1 is 0.814 bits per heavy atom. The van der Waals surface area contributed by atoms with Gasteiger partial charge in [0.25, 0.3) is 0 Å². The Hall–Kier alpha value is -5.41. The molecule has 2 aromatic rings. The molecule has 1 heterocycles. The number of aliphatic hydroxyl groups is 2. The molecule has 1 unspecified atom stereocenters. The minimum absolute atomic E-state index is 0.0440. The van der Waals surface area contributed by atoms with Gasteiger partial charge in [-0.25, -0.2) is 9.59 Å². The molecule has 15 nitrogen and oxygen atoms in total. The highest BCUT2D eigenvalue weighted by molar-refractivity contribution is 5.90. The monoisotopic (exact) mass is 821 g/mol. The molecule has 0 bridgehead atoms. The van der Waals surface area contributed by atoms with E-state index in [4.69, 9.17) is 28.4 Å². The molecule has 0 saturated heterocycles. The van der Waals surface area contributed by atoms with Crippen LogP contribution in [0.25, 0.3) is 0 Å². The van der Waals surface area contributed by atoms with E-state index in [0.29, 0.717) is 6.42 Å². The number of esters is 6. The summed E-state index contributed by atoms with van der Waals surface area (Å²) in [7, 11) is 0. The number of aromatic nitrogens is 1. The molecule has 11 atom stereocenters. The minimum Gasteiger partial charge on any atom is -0.459 e. The first-order valence-electron chi connectivity index (χ1n) is 19.5. The summed E-state index contributed by atoms with van der Waals surface area (Å²) in [5, 5.41) is 25.8. The number of hydrogen-bond donors (Lipinski definition) is 2. The first kappa shape index (κ1) is 46.3. The smallest absolute Gasteiger partial charge is 0.340 e. The number of carbonyl (C=O) groups excluding carboxylic acids is 6. The van der Waals surface area contributed by atoms with E-state index in [0.717, 1.165) is 20.8 Å². The van der Waals surface area contributed by atoms with Crippen LogP contribution in [0.2, 0.25) is 0 Å². The van der Waals surface area contributed by atoms with Crippen LogP contribution in [0.3, 0.4) is 0 Å². The normalized spacial score (nSPS) is 31.4. The van der Waals surface area contributed by atoms with E-state index in [2.05, 4.69) is 11.6 Å². The van der Waals surface area contributed by atoms with Gasteiger partial charge in [-0.15, -0.1) is 0 Å². The Morgan fingerprint density at radius 2 is 1.41 bits per heavy atom. The standard InChI is InChI=1S/C44H55NO14/c1-11-24(2)39(50)56-35-26(4)34(54-27(5)46)32-37(57-40(51)30-16-13-12-14-17-30)43(10,59-29(7)48)23-44(32,53)36(55-28(6)47)25(3)19-20-42(8,9)38(33(35)49)58-41(52)31-18-15-21-45-22-31/h12-22,24-25,32-38,49,53H,4,11,23H2,1-3,5-10H3/b20-19+/t24?,25-,32-,33-,34-,35-,36+,37+,38+,43+,44+/m0/s1. The van der Waals surface area contributed by atoms with E-state index in [1.54, 1.807) is 65.0 Å². The van der Waals surface area contributed by atoms with Crippen molar-refractivity contribution < 1.29 is 67.4 Å². The molecule has 59 heavy (non-hydrogen) atoms.